The van der Waals surface area contributed by atoms with Gasteiger partial charge in [0.05, 0.1) is 6.61 Å². The number of aliphatic hydroxyl groups excluding tert-OH is 1. The summed E-state index contributed by atoms with van der Waals surface area (Å²) in [6.45, 7) is 0.950. The largest absolute Gasteiger partial charge is 0.474 e. The van der Waals surface area contributed by atoms with Gasteiger partial charge in [-0.3, -0.25) is 4.79 Å². The standard InChI is InChI=1S/C8H11NO4/c10-4-8-1-5(8)2-9(3-8)6(11)7(12)13/h5,10H,1-4H2,(H,12,13). The van der Waals surface area contributed by atoms with E-state index in [0.717, 1.165) is 6.42 Å². The topological polar surface area (TPSA) is 77.8 Å². The molecule has 1 saturated carbocycles. The molecular weight excluding hydrogens is 174 g/mol. The zero-order valence-electron chi connectivity index (χ0n) is 7.06. The third kappa shape index (κ3) is 1.11. The van der Waals surface area contributed by atoms with Gasteiger partial charge in [-0.25, -0.2) is 4.79 Å². The normalized spacial score (nSPS) is 35.8. The second kappa shape index (κ2) is 2.45. The number of hydrogen-bond acceptors (Lipinski definition) is 3. The lowest BCUT2D eigenvalue weighted by atomic mass is 10.1. The summed E-state index contributed by atoms with van der Waals surface area (Å²) in [6, 6.07) is 0. The Bertz CT molecular complexity index is 273. The van der Waals surface area contributed by atoms with Crippen molar-refractivity contribution < 1.29 is 19.8 Å². The second-order valence-corrected chi connectivity index (χ2v) is 3.91. The SMILES string of the molecule is O=C(O)C(=O)N1CC2CC2(CO)C1. The highest BCUT2D eigenvalue weighted by Crippen LogP contribution is 2.57. The molecule has 1 aliphatic heterocycles. The van der Waals surface area contributed by atoms with Gasteiger partial charge >= 0.3 is 11.9 Å². The Labute approximate surface area is 75.0 Å². The Kier molecular flexibility index (Phi) is 1.60. The molecule has 2 N–H and O–H groups in total. The van der Waals surface area contributed by atoms with E-state index in [1.54, 1.807) is 0 Å². The number of fused-ring (bicyclic) bond motifs is 1. The summed E-state index contributed by atoms with van der Waals surface area (Å²) in [4.78, 5) is 22.7. The van der Waals surface area contributed by atoms with E-state index in [1.165, 1.54) is 4.90 Å². The number of aliphatic hydroxyl groups is 1. The third-order valence-electron chi connectivity index (χ3n) is 3.09. The quantitative estimate of drug-likeness (QED) is 0.509. The molecule has 2 aliphatic rings. The number of carbonyl (C=O) groups excluding carboxylic acids is 1. The Hall–Kier alpha value is -1.10. The van der Waals surface area contributed by atoms with Gasteiger partial charge in [0.2, 0.25) is 0 Å². The first-order valence-electron chi connectivity index (χ1n) is 4.22. The van der Waals surface area contributed by atoms with Crippen molar-refractivity contribution in [3.63, 3.8) is 0 Å². The number of hydrogen-bond donors (Lipinski definition) is 2. The van der Waals surface area contributed by atoms with E-state index in [-0.39, 0.29) is 12.0 Å². The Morgan fingerprint density at radius 2 is 2.23 bits per heavy atom. The van der Waals surface area contributed by atoms with Gasteiger partial charge in [-0.2, -0.15) is 0 Å². The van der Waals surface area contributed by atoms with E-state index in [4.69, 9.17) is 10.2 Å². The van der Waals surface area contributed by atoms with Crippen LogP contribution in [0.25, 0.3) is 0 Å². The highest BCUT2D eigenvalue weighted by molar-refractivity contribution is 6.31. The van der Waals surface area contributed by atoms with Crippen LogP contribution in [0.4, 0.5) is 0 Å². The van der Waals surface area contributed by atoms with Gasteiger partial charge in [-0.15, -0.1) is 0 Å². The first-order chi connectivity index (χ1) is 6.09. The number of carbonyl (C=O) groups is 2. The van der Waals surface area contributed by atoms with Crippen molar-refractivity contribution in [1.82, 2.24) is 4.90 Å². The number of aliphatic carboxylic acids is 1. The molecule has 13 heavy (non-hydrogen) atoms. The molecule has 2 rings (SSSR count). The highest BCUT2D eigenvalue weighted by atomic mass is 16.4. The molecule has 72 valence electrons. The molecule has 2 atom stereocenters. The van der Waals surface area contributed by atoms with Gasteiger partial charge in [0.15, 0.2) is 0 Å². The molecular formula is C8H11NO4. The maximum absolute atomic E-state index is 11.0. The molecule has 2 unspecified atom stereocenters. The fourth-order valence-electron chi connectivity index (χ4n) is 2.13. The van der Waals surface area contributed by atoms with Crippen molar-refractivity contribution in [3.8, 4) is 0 Å². The van der Waals surface area contributed by atoms with Crippen molar-refractivity contribution in [2.45, 2.75) is 6.42 Å². The number of nitrogens with zero attached hydrogens (tertiary/aromatic N) is 1. The van der Waals surface area contributed by atoms with Crippen molar-refractivity contribution in [2.24, 2.45) is 11.3 Å². The first-order valence-corrected chi connectivity index (χ1v) is 4.22. The lowest BCUT2D eigenvalue weighted by molar-refractivity contribution is -0.155. The minimum Gasteiger partial charge on any atom is -0.474 e. The van der Waals surface area contributed by atoms with Gasteiger partial charge in [0, 0.05) is 18.5 Å². The van der Waals surface area contributed by atoms with E-state index in [0.29, 0.717) is 19.0 Å². The van der Waals surface area contributed by atoms with Crippen LogP contribution in [0, 0.1) is 11.3 Å². The smallest absolute Gasteiger partial charge is 0.394 e. The van der Waals surface area contributed by atoms with E-state index >= 15 is 0 Å². The molecule has 0 aromatic rings. The maximum atomic E-state index is 11.0. The molecule has 1 amide bonds. The predicted octanol–water partition coefficient (Wildman–Crippen LogP) is -1.09. The second-order valence-electron chi connectivity index (χ2n) is 3.91. The molecule has 1 saturated heterocycles. The molecule has 5 nitrogen and oxygen atoms in total. The van der Waals surface area contributed by atoms with Crippen LogP contribution in [0.3, 0.4) is 0 Å². The Morgan fingerprint density at radius 3 is 2.69 bits per heavy atom. The molecule has 0 spiro atoms. The van der Waals surface area contributed by atoms with E-state index in [9.17, 15) is 9.59 Å². The van der Waals surface area contributed by atoms with Crippen LogP contribution in [0.1, 0.15) is 6.42 Å². The lowest BCUT2D eigenvalue weighted by Gasteiger charge is -2.17. The Morgan fingerprint density at radius 1 is 1.54 bits per heavy atom. The molecule has 2 fully saturated rings. The van der Waals surface area contributed by atoms with Gasteiger partial charge < -0.3 is 15.1 Å². The summed E-state index contributed by atoms with van der Waals surface area (Å²) in [5.74, 6) is -1.93. The fraction of sp³-hybridized carbons (Fsp3) is 0.750. The van der Waals surface area contributed by atoms with Gasteiger partial charge in [-0.05, 0) is 12.3 Å². The average molecular weight is 185 g/mol. The third-order valence-corrected chi connectivity index (χ3v) is 3.09. The van der Waals surface area contributed by atoms with E-state index in [1.807, 2.05) is 0 Å². The van der Waals surface area contributed by atoms with Gasteiger partial charge in [0.1, 0.15) is 0 Å². The van der Waals surface area contributed by atoms with Crippen LogP contribution >= 0.6 is 0 Å². The minimum atomic E-state index is -1.41. The van der Waals surface area contributed by atoms with E-state index < -0.39 is 11.9 Å². The van der Waals surface area contributed by atoms with Crippen LogP contribution in [0.5, 0.6) is 0 Å². The summed E-state index contributed by atoms with van der Waals surface area (Å²) in [5.41, 5.74) is -0.162. The van der Waals surface area contributed by atoms with Crippen LogP contribution in [-0.4, -0.2) is 46.7 Å². The summed E-state index contributed by atoms with van der Waals surface area (Å²) in [7, 11) is 0. The average Bonchev–Trinajstić information content (AvgIpc) is 2.68. The molecule has 0 radical (unpaired) electrons. The van der Waals surface area contributed by atoms with Crippen molar-refractivity contribution in [3.05, 3.63) is 0 Å². The summed E-state index contributed by atoms with van der Waals surface area (Å²) in [5, 5.41) is 17.5. The zero-order chi connectivity index (χ0) is 9.64. The number of piperidine rings is 1. The van der Waals surface area contributed by atoms with Crippen LogP contribution in [0.15, 0.2) is 0 Å². The number of rotatable bonds is 1. The minimum absolute atomic E-state index is 0.0566. The molecule has 0 aromatic carbocycles. The van der Waals surface area contributed by atoms with Crippen LogP contribution in [-0.2, 0) is 9.59 Å². The lowest BCUT2D eigenvalue weighted by Crippen LogP contribution is -2.37. The number of likely N-dealkylation sites (tertiary alicyclic amines) is 1. The Balaban J connectivity index is 2.01. The number of carboxylic acid groups (broad SMARTS) is 1. The molecule has 1 heterocycles. The molecule has 1 aliphatic carbocycles. The van der Waals surface area contributed by atoms with Gasteiger partial charge in [-0.1, -0.05) is 0 Å². The summed E-state index contributed by atoms with van der Waals surface area (Å²) >= 11 is 0. The number of amides is 1. The molecule has 0 aromatic heterocycles. The van der Waals surface area contributed by atoms with Gasteiger partial charge in [0.25, 0.3) is 0 Å². The molecule has 0 bridgehead atoms. The maximum Gasteiger partial charge on any atom is 0.394 e. The van der Waals surface area contributed by atoms with Crippen molar-refractivity contribution in [1.29, 1.82) is 0 Å². The highest BCUT2D eigenvalue weighted by Gasteiger charge is 2.60. The van der Waals surface area contributed by atoms with Crippen LogP contribution < -0.4 is 0 Å². The van der Waals surface area contributed by atoms with E-state index in [2.05, 4.69) is 0 Å². The fourth-order valence-corrected chi connectivity index (χ4v) is 2.13. The summed E-state index contributed by atoms with van der Waals surface area (Å²) < 4.78 is 0. The first kappa shape index (κ1) is 8.50. The summed E-state index contributed by atoms with van der Waals surface area (Å²) in [6.07, 6.45) is 0.924. The van der Waals surface area contributed by atoms with Crippen LogP contribution in [0.2, 0.25) is 0 Å². The van der Waals surface area contributed by atoms with Crippen molar-refractivity contribution in [2.75, 3.05) is 19.7 Å². The van der Waals surface area contributed by atoms with Crippen molar-refractivity contribution >= 4 is 11.9 Å². The zero-order valence-corrected chi connectivity index (χ0v) is 7.06. The molecule has 5 heteroatoms. The number of carboxylic acids is 1. The predicted molar refractivity (Wildman–Crippen MR) is 41.8 cm³/mol. The monoisotopic (exact) mass is 185 g/mol.